The minimum Gasteiger partial charge on any atom is -0.385 e. The average Bonchev–Trinajstić information content (AvgIpc) is 2.41. The van der Waals surface area contributed by atoms with Gasteiger partial charge >= 0.3 is 0 Å². The first-order chi connectivity index (χ1) is 9.34. The number of amides is 1. The number of hydrogen-bond acceptors (Lipinski definition) is 2. The zero-order chi connectivity index (χ0) is 15.2. The van der Waals surface area contributed by atoms with Crippen LogP contribution in [0.5, 0.6) is 0 Å². The molecular formula is C17H28N2O. The van der Waals surface area contributed by atoms with Crippen LogP contribution in [0.2, 0.25) is 0 Å². The lowest BCUT2D eigenvalue weighted by Crippen LogP contribution is -2.33. The van der Waals surface area contributed by atoms with Crippen LogP contribution in [-0.4, -0.2) is 19.0 Å². The first-order valence-electron chi connectivity index (χ1n) is 7.46. The summed E-state index contributed by atoms with van der Waals surface area (Å²) in [4.78, 5) is 12.1. The van der Waals surface area contributed by atoms with Crippen LogP contribution in [0.15, 0.2) is 24.3 Å². The molecular weight excluding hydrogens is 248 g/mol. The van der Waals surface area contributed by atoms with Crippen LogP contribution < -0.4 is 10.6 Å². The molecule has 0 radical (unpaired) electrons. The molecule has 1 aromatic carbocycles. The van der Waals surface area contributed by atoms with Crippen molar-refractivity contribution in [1.82, 2.24) is 5.32 Å². The number of nitrogens with one attached hydrogen (secondary N) is 2. The second kappa shape index (κ2) is 7.32. The summed E-state index contributed by atoms with van der Waals surface area (Å²) in [6, 6.07) is 7.65. The maximum absolute atomic E-state index is 12.1. The van der Waals surface area contributed by atoms with Gasteiger partial charge in [-0.05, 0) is 42.0 Å². The first kappa shape index (κ1) is 16.5. The van der Waals surface area contributed by atoms with Crippen LogP contribution in [0.25, 0.3) is 0 Å². The third-order valence-electron chi connectivity index (χ3n) is 3.77. The van der Waals surface area contributed by atoms with Crippen molar-refractivity contribution in [3.05, 3.63) is 29.8 Å². The molecule has 0 saturated carbocycles. The number of rotatable bonds is 6. The summed E-state index contributed by atoms with van der Waals surface area (Å²) in [7, 11) is 0. The summed E-state index contributed by atoms with van der Waals surface area (Å²) < 4.78 is 0. The van der Waals surface area contributed by atoms with Gasteiger partial charge in [-0.3, -0.25) is 4.79 Å². The van der Waals surface area contributed by atoms with E-state index in [1.807, 2.05) is 24.3 Å². The van der Waals surface area contributed by atoms with Gasteiger partial charge < -0.3 is 10.6 Å². The summed E-state index contributed by atoms with van der Waals surface area (Å²) in [6.07, 6.45) is 1.09. The van der Waals surface area contributed by atoms with Gasteiger partial charge in [-0.25, -0.2) is 0 Å². The summed E-state index contributed by atoms with van der Waals surface area (Å²) in [5.74, 6) is 0.445. The Kier molecular flexibility index (Phi) is 6.05. The predicted octanol–water partition coefficient (Wildman–Crippen LogP) is 3.92. The van der Waals surface area contributed by atoms with Crippen LogP contribution in [-0.2, 0) is 0 Å². The Morgan fingerprint density at radius 2 is 1.80 bits per heavy atom. The van der Waals surface area contributed by atoms with E-state index in [2.05, 4.69) is 45.3 Å². The van der Waals surface area contributed by atoms with Crippen LogP contribution in [0, 0.1) is 11.3 Å². The van der Waals surface area contributed by atoms with Crippen molar-refractivity contribution in [3.8, 4) is 0 Å². The topological polar surface area (TPSA) is 41.1 Å². The second-order valence-electron chi connectivity index (χ2n) is 6.48. The standard InChI is InChI=1S/C17H28N2O/c1-6-11-18-15-9-7-14(8-10-15)16(20)19-12-13(2)17(3,4)5/h7-10,13,18H,6,11-12H2,1-5H3,(H,19,20). The molecule has 0 aliphatic carbocycles. The molecule has 3 heteroatoms. The molecule has 0 spiro atoms. The van der Waals surface area contributed by atoms with Crippen molar-refractivity contribution in [1.29, 1.82) is 0 Å². The van der Waals surface area contributed by atoms with Crippen molar-refractivity contribution in [3.63, 3.8) is 0 Å². The number of benzene rings is 1. The molecule has 0 fully saturated rings. The molecule has 0 saturated heterocycles. The monoisotopic (exact) mass is 276 g/mol. The lowest BCUT2D eigenvalue weighted by Gasteiger charge is -2.27. The quantitative estimate of drug-likeness (QED) is 0.827. The molecule has 0 aromatic heterocycles. The van der Waals surface area contributed by atoms with Crippen molar-refractivity contribution in [2.75, 3.05) is 18.4 Å². The molecule has 0 aliphatic heterocycles. The molecule has 3 nitrogen and oxygen atoms in total. The molecule has 1 rings (SSSR count). The van der Waals surface area contributed by atoms with Crippen LogP contribution in [0.3, 0.4) is 0 Å². The van der Waals surface area contributed by atoms with E-state index in [1.165, 1.54) is 0 Å². The Bertz CT molecular complexity index is 418. The van der Waals surface area contributed by atoms with Gasteiger partial charge in [0.2, 0.25) is 0 Å². The highest BCUT2D eigenvalue weighted by Gasteiger charge is 2.20. The maximum atomic E-state index is 12.1. The molecule has 1 amide bonds. The fourth-order valence-electron chi connectivity index (χ4n) is 1.66. The first-order valence-corrected chi connectivity index (χ1v) is 7.46. The smallest absolute Gasteiger partial charge is 0.251 e. The van der Waals surface area contributed by atoms with Crippen molar-refractivity contribution >= 4 is 11.6 Å². The van der Waals surface area contributed by atoms with Gasteiger partial charge in [-0.1, -0.05) is 34.6 Å². The number of carbonyl (C=O) groups excluding carboxylic acids is 1. The van der Waals surface area contributed by atoms with E-state index < -0.39 is 0 Å². The highest BCUT2D eigenvalue weighted by atomic mass is 16.1. The van der Waals surface area contributed by atoms with Crippen LogP contribution in [0.1, 0.15) is 51.4 Å². The van der Waals surface area contributed by atoms with Gasteiger partial charge in [0.25, 0.3) is 5.91 Å². The molecule has 1 unspecified atom stereocenters. The average molecular weight is 276 g/mol. The van der Waals surface area contributed by atoms with Crippen LogP contribution >= 0.6 is 0 Å². The third-order valence-corrected chi connectivity index (χ3v) is 3.77. The van der Waals surface area contributed by atoms with Crippen LogP contribution in [0.4, 0.5) is 5.69 Å². The fourth-order valence-corrected chi connectivity index (χ4v) is 1.66. The second-order valence-corrected chi connectivity index (χ2v) is 6.48. The SMILES string of the molecule is CCCNc1ccc(C(=O)NCC(C)C(C)(C)C)cc1. The molecule has 20 heavy (non-hydrogen) atoms. The molecule has 0 aliphatic rings. The zero-order valence-electron chi connectivity index (χ0n) is 13.4. The van der Waals surface area contributed by atoms with E-state index in [4.69, 9.17) is 0 Å². The minimum atomic E-state index is 0.00291. The Morgan fingerprint density at radius 3 is 2.30 bits per heavy atom. The highest BCUT2D eigenvalue weighted by molar-refractivity contribution is 5.94. The Morgan fingerprint density at radius 1 is 1.20 bits per heavy atom. The van der Waals surface area contributed by atoms with Crippen molar-refractivity contribution in [2.24, 2.45) is 11.3 Å². The van der Waals surface area contributed by atoms with Gasteiger partial charge in [0.1, 0.15) is 0 Å². The maximum Gasteiger partial charge on any atom is 0.251 e. The number of hydrogen-bond donors (Lipinski definition) is 2. The molecule has 2 N–H and O–H groups in total. The van der Waals surface area contributed by atoms with Gasteiger partial charge in [-0.2, -0.15) is 0 Å². The van der Waals surface area contributed by atoms with Gasteiger partial charge in [0.05, 0.1) is 0 Å². The lowest BCUT2D eigenvalue weighted by atomic mass is 9.82. The Balaban J connectivity index is 2.51. The fraction of sp³-hybridized carbons (Fsp3) is 0.588. The molecule has 112 valence electrons. The number of carbonyl (C=O) groups is 1. The molecule has 1 aromatic rings. The van der Waals surface area contributed by atoms with Crippen molar-refractivity contribution < 1.29 is 4.79 Å². The van der Waals surface area contributed by atoms with Gasteiger partial charge in [0.15, 0.2) is 0 Å². The number of anilines is 1. The van der Waals surface area contributed by atoms with Gasteiger partial charge in [0, 0.05) is 24.3 Å². The summed E-state index contributed by atoms with van der Waals surface area (Å²) >= 11 is 0. The Hall–Kier alpha value is -1.51. The van der Waals surface area contributed by atoms with E-state index in [1.54, 1.807) is 0 Å². The van der Waals surface area contributed by atoms with E-state index in [9.17, 15) is 4.79 Å². The zero-order valence-corrected chi connectivity index (χ0v) is 13.4. The normalized spacial score (nSPS) is 12.8. The molecule has 0 heterocycles. The van der Waals surface area contributed by atoms with E-state index in [-0.39, 0.29) is 11.3 Å². The van der Waals surface area contributed by atoms with E-state index >= 15 is 0 Å². The Labute approximate surface area is 123 Å². The van der Waals surface area contributed by atoms with E-state index in [0.717, 1.165) is 18.7 Å². The lowest BCUT2D eigenvalue weighted by molar-refractivity contribution is 0.0937. The van der Waals surface area contributed by atoms with E-state index in [0.29, 0.717) is 18.0 Å². The summed E-state index contributed by atoms with van der Waals surface area (Å²) in [6.45, 7) is 12.5. The summed E-state index contributed by atoms with van der Waals surface area (Å²) in [5, 5.41) is 6.31. The predicted molar refractivity (Wildman–Crippen MR) is 86.2 cm³/mol. The van der Waals surface area contributed by atoms with Crippen molar-refractivity contribution in [2.45, 2.75) is 41.0 Å². The minimum absolute atomic E-state index is 0.00291. The molecule has 0 bridgehead atoms. The summed E-state index contributed by atoms with van der Waals surface area (Å²) in [5.41, 5.74) is 1.99. The third kappa shape index (κ3) is 5.24. The largest absolute Gasteiger partial charge is 0.385 e. The molecule has 1 atom stereocenters. The highest BCUT2D eigenvalue weighted by Crippen LogP contribution is 2.24. The van der Waals surface area contributed by atoms with Gasteiger partial charge in [-0.15, -0.1) is 0 Å².